The van der Waals surface area contributed by atoms with Crippen LogP contribution in [0.25, 0.3) is 0 Å². The molecule has 0 radical (unpaired) electrons. The van der Waals surface area contributed by atoms with Crippen LogP contribution >= 0.6 is 11.3 Å². The van der Waals surface area contributed by atoms with E-state index < -0.39 is 0 Å². The molecule has 5 nitrogen and oxygen atoms in total. The highest BCUT2D eigenvalue weighted by atomic mass is 32.1. The SMILES string of the molecule is C=CCN(CC(=O)N1CCc2sccc2[C@@H]1COc1ccc(C)cc1C)C(=O)CC(C)C. The van der Waals surface area contributed by atoms with Gasteiger partial charge in [-0.25, -0.2) is 0 Å². The summed E-state index contributed by atoms with van der Waals surface area (Å²) in [6.07, 6.45) is 2.94. The second-order valence-electron chi connectivity index (χ2n) is 8.89. The summed E-state index contributed by atoms with van der Waals surface area (Å²) in [5, 5.41) is 2.08. The Morgan fingerprint density at radius 1 is 1.31 bits per heavy atom. The normalized spacial score (nSPS) is 15.4. The third-order valence-electron chi connectivity index (χ3n) is 5.75. The molecule has 1 aliphatic rings. The van der Waals surface area contributed by atoms with Gasteiger partial charge in [0.05, 0.1) is 6.04 Å². The fourth-order valence-corrected chi connectivity index (χ4v) is 5.08. The number of hydrogen-bond acceptors (Lipinski definition) is 4. The number of thiophene rings is 1. The highest BCUT2D eigenvalue weighted by Gasteiger charge is 2.33. The second kappa shape index (κ2) is 10.8. The summed E-state index contributed by atoms with van der Waals surface area (Å²) in [4.78, 5) is 30.9. The molecule has 3 rings (SSSR count). The molecular formula is C26H34N2O3S. The van der Waals surface area contributed by atoms with E-state index in [-0.39, 0.29) is 30.3 Å². The predicted octanol–water partition coefficient (Wildman–Crippen LogP) is 4.93. The predicted molar refractivity (Wildman–Crippen MR) is 130 cm³/mol. The van der Waals surface area contributed by atoms with E-state index in [4.69, 9.17) is 4.74 Å². The van der Waals surface area contributed by atoms with E-state index in [0.29, 0.717) is 26.1 Å². The molecular weight excluding hydrogens is 420 g/mol. The van der Waals surface area contributed by atoms with Crippen LogP contribution in [0.2, 0.25) is 0 Å². The van der Waals surface area contributed by atoms with Gasteiger partial charge >= 0.3 is 0 Å². The largest absolute Gasteiger partial charge is 0.491 e. The van der Waals surface area contributed by atoms with Crippen molar-refractivity contribution >= 4 is 23.2 Å². The molecule has 0 saturated heterocycles. The third-order valence-corrected chi connectivity index (χ3v) is 6.75. The third kappa shape index (κ3) is 5.80. The van der Waals surface area contributed by atoms with E-state index >= 15 is 0 Å². The minimum atomic E-state index is -0.163. The summed E-state index contributed by atoms with van der Waals surface area (Å²) in [5.41, 5.74) is 3.43. The Balaban J connectivity index is 1.77. The number of carbonyl (C=O) groups excluding carboxylic acids is 2. The lowest BCUT2D eigenvalue weighted by atomic mass is 10.00. The van der Waals surface area contributed by atoms with Gasteiger partial charge in [-0.15, -0.1) is 17.9 Å². The van der Waals surface area contributed by atoms with Crippen LogP contribution in [0.15, 0.2) is 42.3 Å². The van der Waals surface area contributed by atoms with Crippen molar-refractivity contribution in [2.45, 2.75) is 46.6 Å². The van der Waals surface area contributed by atoms with Crippen LogP contribution in [0.1, 0.15) is 47.9 Å². The maximum absolute atomic E-state index is 13.4. The fraction of sp³-hybridized carbons (Fsp3) is 0.462. The summed E-state index contributed by atoms with van der Waals surface area (Å²) in [6, 6.07) is 8.06. The Hall–Kier alpha value is -2.60. The summed E-state index contributed by atoms with van der Waals surface area (Å²) in [7, 11) is 0. The van der Waals surface area contributed by atoms with Crippen molar-refractivity contribution < 1.29 is 14.3 Å². The molecule has 172 valence electrons. The van der Waals surface area contributed by atoms with E-state index in [9.17, 15) is 9.59 Å². The van der Waals surface area contributed by atoms with E-state index in [1.165, 1.54) is 10.4 Å². The first-order valence-corrected chi connectivity index (χ1v) is 12.1. The average Bonchev–Trinajstić information content (AvgIpc) is 3.21. The van der Waals surface area contributed by atoms with Crippen LogP contribution in [0, 0.1) is 19.8 Å². The minimum Gasteiger partial charge on any atom is -0.491 e. The van der Waals surface area contributed by atoms with Gasteiger partial charge in [-0.3, -0.25) is 9.59 Å². The lowest BCUT2D eigenvalue weighted by Gasteiger charge is -2.37. The standard InChI is InChI=1S/C26H34N2O3S/c1-6-11-27(25(29)14-18(2)3)16-26(30)28-12-9-24-21(10-13-32-24)22(28)17-31-23-8-7-19(4)15-20(23)5/h6-8,10,13,15,18,22H,1,9,11-12,14,16-17H2,2-5H3/t22-/m0/s1. The first-order valence-electron chi connectivity index (χ1n) is 11.2. The molecule has 2 aromatic rings. The Labute approximate surface area is 195 Å². The zero-order valence-electron chi connectivity index (χ0n) is 19.6. The molecule has 2 amide bonds. The van der Waals surface area contributed by atoms with Crippen molar-refractivity contribution in [2.75, 3.05) is 26.2 Å². The first-order chi connectivity index (χ1) is 15.3. The lowest BCUT2D eigenvalue weighted by Crippen LogP contribution is -2.48. The molecule has 0 N–H and O–H groups in total. The number of nitrogens with zero attached hydrogens (tertiary/aromatic N) is 2. The highest BCUT2D eigenvalue weighted by molar-refractivity contribution is 7.10. The topological polar surface area (TPSA) is 49.9 Å². The van der Waals surface area contributed by atoms with Crippen LogP contribution in [-0.2, 0) is 16.0 Å². The number of hydrogen-bond donors (Lipinski definition) is 0. The van der Waals surface area contributed by atoms with Gasteiger partial charge in [0, 0.05) is 24.4 Å². The number of amides is 2. The van der Waals surface area contributed by atoms with Crippen LogP contribution in [0.4, 0.5) is 0 Å². The summed E-state index contributed by atoms with van der Waals surface area (Å²) in [6.45, 7) is 13.3. The molecule has 1 aromatic heterocycles. The van der Waals surface area contributed by atoms with Crippen LogP contribution in [0.3, 0.4) is 0 Å². The molecule has 0 saturated carbocycles. The quantitative estimate of drug-likeness (QED) is 0.505. The monoisotopic (exact) mass is 454 g/mol. The van der Waals surface area contributed by atoms with Gasteiger partial charge in [-0.2, -0.15) is 0 Å². The summed E-state index contributed by atoms with van der Waals surface area (Å²) in [5.74, 6) is 1.03. The number of rotatable bonds is 9. The molecule has 32 heavy (non-hydrogen) atoms. The Morgan fingerprint density at radius 2 is 2.09 bits per heavy atom. The molecule has 0 spiro atoms. The van der Waals surface area contributed by atoms with E-state index in [1.807, 2.05) is 37.8 Å². The second-order valence-corrected chi connectivity index (χ2v) is 9.89. The molecule has 1 atom stereocenters. The van der Waals surface area contributed by atoms with Crippen LogP contribution in [-0.4, -0.2) is 47.9 Å². The first kappa shape index (κ1) is 24.1. The Kier molecular flexibility index (Phi) is 8.13. The van der Waals surface area contributed by atoms with Crippen molar-refractivity contribution in [3.63, 3.8) is 0 Å². The number of benzene rings is 1. The minimum absolute atomic E-state index is 0.00966. The maximum atomic E-state index is 13.4. The fourth-order valence-electron chi connectivity index (χ4n) is 4.15. The van der Waals surface area contributed by atoms with Gasteiger partial charge in [0.2, 0.25) is 11.8 Å². The summed E-state index contributed by atoms with van der Waals surface area (Å²) >= 11 is 1.73. The van der Waals surface area contributed by atoms with E-state index in [2.05, 4.69) is 31.0 Å². The van der Waals surface area contributed by atoms with Crippen molar-refractivity contribution in [2.24, 2.45) is 5.92 Å². The molecule has 0 fully saturated rings. The van der Waals surface area contributed by atoms with Gasteiger partial charge in [-0.05, 0) is 54.8 Å². The zero-order valence-corrected chi connectivity index (χ0v) is 20.4. The molecule has 6 heteroatoms. The molecule has 0 unspecified atom stereocenters. The maximum Gasteiger partial charge on any atom is 0.242 e. The molecule has 0 aliphatic carbocycles. The van der Waals surface area contributed by atoms with Gasteiger partial charge < -0.3 is 14.5 Å². The number of fused-ring (bicyclic) bond motifs is 1. The number of aryl methyl sites for hydroxylation is 2. The van der Waals surface area contributed by atoms with Gasteiger partial charge in [0.15, 0.2) is 0 Å². The molecule has 1 aliphatic heterocycles. The van der Waals surface area contributed by atoms with Gasteiger partial charge in [0.1, 0.15) is 18.9 Å². The Bertz CT molecular complexity index is 966. The summed E-state index contributed by atoms with van der Waals surface area (Å²) < 4.78 is 6.20. The lowest BCUT2D eigenvalue weighted by molar-refractivity contribution is -0.142. The molecule has 2 heterocycles. The van der Waals surface area contributed by atoms with Crippen molar-refractivity contribution in [1.82, 2.24) is 9.80 Å². The molecule has 0 bridgehead atoms. The van der Waals surface area contributed by atoms with Gasteiger partial charge in [0.25, 0.3) is 0 Å². The Morgan fingerprint density at radius 3 is 2.78 bits per heavy atom. The zero-order chi connectivity index (χ0) is 23.3. The average molecular weight is 455 g/mol. The number of carbonyl (C=O) groups is 2. The molecule has 1 aromatic carbocycles. The van der Waals surface area contributed by atoms with E-state index in [0.717, 1.165) is 23.3 Å². The smallest absolute Gasteiger partial charge is 0.242 e. The van der Waals surface area contributed by atoms with Crippen LogP contribution < -0.4 is 4.74 Å². The van der Waals surface area contributed by atoms with Crippen molar-refractivity contribution in [1.29, 1.82) is 0 Å². The van der Waals surface area contributed by atoms with Gasteiger partial charge in [-0.1, -0.05) is 37.6 Å². The van der Waals surface area contributed by atoms with Crippen molar-refractivity contribution in [3.05, 3.63) is 63.9 Å². The van der Waals surface area contributed by atoms with Crippen molar-refractivity contribution in [3.8, 4) is 5.75 Å². The van der Waals surface area contributed by atoms with E-state index in [1.54, 1.807) is 22.3 Å². The van der Waals surface area contributed by atoms with Crippen LogP contribution in [0.5, 0.6) is 5.75 Å². The highest BCUT2D eigenvalue weighted by Crippen LogP contribution is 2.34. The number of ether oxygens (including phenoxy) is 1.